The molecular formula is C23H33N3O3. The first-order valence-corrected chi connectivity index (χ1v) is 10.6. The molecule has 6 nitrogen and oxygen atoms in total. The molecule has 1 atom stereocenters. The molecule has 1 fully saturated rings. The summed E-state index contributed by atoms with van der Waals surface area (Å²) in [5, 5.41) is 3.02. The van der Waals surface area contributed by atoms with Crippen molar-refractivity contribution >= 4 is 12.0 Å². The van der Waals surface area contributed by atoms with Crippen molar-refractivity contribution < 1.29 is 14.3 Å². The molecule has 2 heterocycles. The van der Waals surface area contributed by atoms with E-state index in [1.54, 1.807) is 11.9 Å². The molecule has 1 aromatic carbocycles. The van der Waals surface area contributed by atoms with Crippen molar-refractivity contribution in [1.29, 1.82) is 0 Å². The Bertz CT molecular complexity index is 810. The number of hydrogen-bond donors (Lipinski definition) is 1. The summed E-state index contributed by atoms with van der Waals surface area (Å²) in [5.41, 5.74) is 4.36. The first kappa shape index (κ1) is 21.4. The predicted molar refractivity (Wildman–Crippen MR) is 113 cm³/mol. The zero-order chi connectivity index (χ0) is 21.1. The minimum atomic E-state index is -0.503. The molecule has 3 rings (SSSR count). The minimum absolute atomic E-state index is 0.190. The Kier molecular flexibility index (Phi) is 6.63. The van der Waals surface area contributed by atoms with Crippen LogP contribution in [0.5, 0.6) is 0 Å². The van der Waals surface area contributed by atoms with Gasteiger partial charge in [-0.2, -0.15) is 0 Å². The van der Waals surface area contributed by atoms with Gasteiger partial charge in [0.05, 0.1) is 18.2 Å². The summed E-state index contributed by atoms with van der Waals surface area (Å²) in [6.45, 7) is 10.9. The smallest absolute Gasteiger partial charge is 0.338 e. The number of ether oxygens (including phenoxy) is 1. The highest BCUT2D eigenvalue weighted by atomic mass is 16.5. The van der Waals surface area contributed by atoms with E-state index in [0.717, 1.165) is 54.2 Å². The van der Waals surface area contributed by atoms with Crippen molar-refractivity contribution in [2.45, 2.75) is 46.6 Å². The highest BCUT2D eigenvalue weighted by molar-refractivity contribution is 5.95. The van der Waals surface area contributed by atoms with Crippen molar-refractivity contribution in [2.24, 2.45) is 5.92 Å². The van der Waals surface area contributed by atoms with Crippen molar-refractivity contribution in [3.8, 4) is 0 Å². The molecule has 1 unspecified atom stereocenters. The third kappa shape index (κ3) is 4.64. The zero-order valence-electron chi connectivity index (χ0n) is 18.2. The number of likely N-dealkylation sites (N-methyl/N-ethyl adjacent to an activating group) is 1. The Morgan fingerprint density at radius 2 is 1.93 bits per heavy atom. The van der Waals surface area contributed by atoms with Gasteiger partial charge >= 0.3 is 12.0 Å². The molecule has 6 heteroatoms. The van der Waals surface area contributed by atoms with Crippen molar-refractivity contribution in [3.63, 3.8) is 0 Å². The van der Waals surface area contributed by atoms with Crippen LogP contribution in [0.4, 0.5) is 4.79 Å². The molecule has 0 spiro atoms. The number of likely N-dealkylation sites (tertiary alicyclic amines) is 1. The van der Waals surface area contributed by atoms with E-state index < -0.39 is 6.04 Å². The number of piperidine rings is 1. The van der Waals surface area contributed by atoms with Crippen molar-refractivity contribution in [3.05, 3.63) is 46.2 Å². The second-order valence-electron chi connectivity index (χ2n) is 8.34. The first-order chi connectivity index (χ1) is 13.8. The predicted octanol–water partition coefficient (Wildman–Crippen LogP) is 3.55. The maximum absolute atomic E-state index is 13.1. The summed E-state index contributed by atoms with van der Waals surface area (Å²) in [6, 6.07) is 5.43. The van der Waals surface area contributed by atoms with Crippen LogP contribution < -0.4 is 5.32 Å². The van der Waals surface area contributed by atoms with E-state index >= 15 is 0 Å². The average Bonchev–Trinajstić information content (AvgIpc) is 2.69. The number of rotatable bonds is 5. The number of carbonyl (C=O) groups excluding carboxylic acids is 2. The van der Waals surface area contributed by atoms with Gasteiger partial charge in [-0.05, 0) is 63.7 Å². The fourth-order valence-corrected chi connectivity index (χ4v) is 4.13. The topological polar surface area (TPSA) is 61.9 Å². The van der Waals surface area contributed by atoms with E-state index in [0.29, 0.717) is 18.7 Å². The molecule has 2 amide bonds. The molecule has 0 aromatic heterocycles. The van der Waals surface area contributed by atoms with Crippen molar-refractivity contribution in [1.82, 2.24) is 15.1 Å². The van der Waals surface area contributed by atoms with Gasteiger partial charge in [-0.1, -0.05) is 30.7 Å². The van der Waals surface area contributed by atoms with Gasteiger partial charge in [0.15, 0.2) is 0 Å². The monoisotopic (exact) mass is 399 g/mol. The van der Waals surface area contributed by atoms with Gasteiger partial charge < -0.3 is 10.1 Å². The Morgan fingerprint density at radius 3 is 2.59 bits per heavy atom. The summed E-state index contributed by atoms with van der Waals surface area (Å²) in [5.74, 6) is 0.366. The lowest BCUT2D eigenvalue weighted by Gasteiger charge is -2.38. The molecule has 2 aliphatic rings. The van der Waals surface area contributed by atoms with Gasteiger partial charge in [0, 0.05) is 19.3 Å². The Labute approximate surface area is 173 Å². The quantitative estimate of drug-likeness (QED) is 0.769. The van der Waals surface area contributed by atoms with Crippen LogP contribution >= 0.6 is 0 Å². The maximum atomic E-state index is 13.1. The van der Waals surface area contributed by atoms with E-state index in [4.69, 9.17) is 4.74 Å². The van der Waals surface area contributed by atoms with E-state index in [2.05, 4.69) is 17.1 Å². The van der Waals surface area contributed by atoms with Crippen LogP contribution in [0.15, 0.2) is 29.5 Å². The second kappa shape index (κ2) is 8.99. The standard InChI is InChI=1S/C23H33N3O3/c1-6-29-22(27)20-19(14-26-11-9-15(2)10-12-26)25(5)23(28)24-21(20)18-13-16(3)7-8-17(18)4/h7-8,13,15,21H,6,9-12,14H2,1-5H3,(H,24,28). The molecular weight excluding hydrogens is 366 g/mol. The van der Waals surface area contributed by atoms with Crippen LogP contribution in [-0.2, 0) is 9.53 Å². The summed E-state index contributed by atoms with van der Waals surface area (Å²) in [4.78, 5) is 29.8. The van der Waals surface area contributed by atoms with Gasteiger partial charge in [0.2, 0.25) is 0 Å². The summed E-state index contributed by atoms with van der Waals surface area (Å²) in [6.07, 6.45) is 2.27. The van der Waals surface area contributed by atoms with Gasteiger partial charge in [-0.15, -0.1) is 0 Å². The third-order valence-corrected chi connectivity index (χ3v) is 6.07. The first-order valence-electron chi connectivity index (χ1n) is 10.6. The van der Waals surface area contributed by atoms with E-state index in [-0.39, 0.29) is 12.0 Å². The van der Waals surface area contributed by atoms with E-state index in [9.17, 15) is 9.59 Å². The van der Waals surface area contributed by atoms with Crippen LogP contribution in [0.1, 0.15) is 49.4 Å². The minimum Gasteiger partial charge on any atom is -0.463 e. The number of benzene rings is 1. The normalized spacial score (nSPS) is 21.3. The van der Waals surface area contributed by atoms with Crippen LogP contribution in [0.25, 0.3) is 0 Å². The summed E-state index contributed by atoms with van der Waals surface area (Å²) >= 11 is 0. The fourth-order valence-electron chi connectivity index (χ4n) is 4.13. The van der Waals surface area contributed by atoms with E-state index in [1.807, 2.05) is 39.0 Å². The molecule has 0 saturated carbocycles. The van der Waals surface area contributed by atoms with Gasteiger partial charge in [-0.25, -0.2) is 9.59 Å². The number of carbonyl (C=O) groups is 2. The zero-order valence-corrected chi connectivity index (χ0v) is 18.2. The molecule has 0 bridgehead atoms. The molecule has 1 aromatic rings. The second-order valence-corrected chi connectivity index (χ2v) is 8.34. The average molecular weight is 400 g/mol. The lowest BCUT2D eigenvalue weighted by atomic mass is 9.90. The van der Waals surface area contributed by atoms with Gasteiger partial charge in [-0.3, -0.25) is 9.80 Å². The van der Waals surface area contributed by atoms with Crippen molar-refractivity contribution in [2.75, 3.05) is 33.3 Å². The number of amides is 2. The van der Waals surface area contributed by atoms with Crippen LogP contribution in [0.3, 0.4) is 0 Å². The van der Waals surface area contributed by atoms with Crippen LogP contribution in [0, 0.1) is 19.8 Å². The number of nitrogens with one attached hydrogen (secondary N) is 1. The fraction of sp³-hybridized carbons (Fsp3) is 0.565. The number of hydrogen-bond acceptors (Lipinski definition) is 4. The molecule has 0 aliphatic carbocycles. The maximum Gasteiger partial charge on any atom is 0.338 e. The highest BCUT2D eigenvalue weighted by Crippen LogP contribution is 2.34. The summed E-state index contributed by atoms with van der Waals surface area (Å²) < 4.78 is 5.43. The summed E-state index contributed by atoms with van der Waals surface area (Å²) in [7, 11) is 1.73. The molecule has 2 aliphatic heterocycles. The molecule has 1 N–H and O–H groups in total. The lowest BCUT2D eigenvalue weighted by Crippen LogP contribution is -2.50. The van der Waals surface area contributed by atoms with Crippen LogP contribution in [-0.4, -0.2) is 55.1 Å². The molecule has 0 radical (unpaired) electrons. The molecule has 1 saturated heterocycles. The molecule has 29 heavy (non-hydrogen) atoms. The molecule has 158 valence electrons. The highest BCUT2D eigenvalue weighted by Gasteiger charge is 2.38. The van der Waals surface area contributed by atoms with Gasteiger partial charge in [0.25, 0.3) is 0 Å². The number of urea groups is 1. The Morgan fingerprint density at radius 1 is 1.24 bits per heavy atom. The Balaban J connectivity index is 2.06. The largest absolute Gasteiger partial charge is 0.463 e. The number of nitrogens with zero attached hydrogens (tertiary/aromatic N) is 2. The van der Waals surface area contributed by atoms with Gasteiger partial charge in [0.1, 0.15) is 0 Å². The lowest BCUT2D eigenvalue weighted by molar-refractivity contribution is -0.139. The number of esters is 1. The van der Waals surface area contributed by atoms with E-state index in [1.165, 1.54) is 0 Å². The number of aryl methyl sites for hydroxylation is 2. The third-order valence-electron chi connectivity index (χ3n) is 6.07. The Hall–Kier alpha value is -2.34. The SMILES string of the molecule is CCOC(=O)C1=C(CN2CCC(C)CC2)N(C)C(=O)NC1c1cc(C)ccc1C. The van der Waals surface area contributed by atoms with Crippen LogP contribution in [0.2, 0.25) is 0 Å².